The van der Waals surface area contributed by atoms with Gasteiger partial charge < -0.3 is 10.1 Å². The number of anilines is 1. The number of ketones is 1. The highest BCUT2D eigenvalue weighted by atomic mass is 35.5. The first-order valence-electron chi connectivity index (χ1n) is 10.1. The maximum Gasteiger partial charge on any atom is 0.416 e. The fourth-order valence-electron chi connectivity index (χ4n) is 3.41. The van der Waals surface area contributed by atoms with Gasteiger partial charge in [0.25, 0.3) is 5.91 Å². The third-order valence-electron chi connectivity index (χ3n) is 5.09. The molecule has 0 aliphatic carbocycles. The van der Waals surface area contributed by atoms with Crippen molar-refractivity contribution in [1.29, 1.82) is 0 Å². The quantitative estimate of drug-likeness (QED) is 0.251. The minimum Gasteiger partial charge on any atom is -0.483 e. The lowest BCUT2D eigenvalue weighted by atomic mass is 10.00. The summed E-state index contributed by atoms with van der Waals surface area (Å²) in [5.41, 5.74) is -0.0695. The predicted octanol–water partition coefficient (Wildman–Crippen LogP) is 5.93. The van der Waals surface area contributed by atoms with Crippen LogP contribution in [0.3, 0.4) is 0 Å². The van der Waals surface area contributed by atoms with Crippen molar-refractivity contribution in [1.82, 2.24) is 10.2 Å². The van der Waals surface area contributed by atoms with E-state index < -0.39 is 41.4 Å². The Morgan fingerprint density at radius 1 is 1.11 bits per heavy atom. The Morgan fingerprint density at radius 3 is 2.63 bits per heavy atom. The Kier molecular flexibility index (Phi) is 6.49. The number of aromatic amines is 1. The molecule has 1 amide bonds. The molecular formula is C24H16ClF4N3O3. The van der Waals surface area contributed by atoms with Crippen molar-refractivity contribution >= 4 is 39.9 Å². The topological polar surface area (TPSA) is 84.1 Å². The SMILES string of the molecule is Cc1cc2cn[nH]c2cc1NC(=O)COc1ccc(Cl)cc1C(=O)c1cc(F)cc(C(F)(F)F)c1. The molecule has 0 unspecified atom stereocenters. The molecule has 0 radical (unpaired) electrons. The number of halogens is 5. The molecule has 35 heavy (non-hydrogen) atoms. The highest BCUT2D eigenvalue weighted by Gasteiger charge is 2.32. The first kappa shape index (κ1) is 24.2. The van der Waals surface area contributed by atoms with Crippen molar-refractivity contribution in [3.05, 3.63) is 87.8 Å². The van der Waals surface area contributed by atoms with Crippen LogP contribution in [-0.4, -0.2) is 28.5 Å². The summed E-state index contributed by atoms with van der Waals surface area (Å²) in [6.07, 6.45) is -3.20. The van der Waals surface area contributed by atoms with E-state index in [0.29, 0.717) is 29.4 Å². The van der Waals surface area contributed by atoms with Crippen molar-refractivity contribution in [2.24, 2.45) is 0 Å². The Labute approximate surface area is 200 Å². The van der Waals surface area contributed by atoms with Crippen LogP contribution in [0.2, 0.25) is 5.02 Å². The van der Waals surface area contributed by atoms with Gasteiger partial charge in [-0.25, -0.2) is 4.39 Å². The van der Waals surface area contributed by atoms with E-state index in [4.69, 9.17) is 16.3 Å². The smallest absolute Gasteiger partial charge is 0.416 e. The van der Waals surface area contributed by atoms with Gasteiger partial charge in [0.2, 0.25) is 0 Å². The molecule has 1 aromatic heterocycles. The van der Waals surface area contributed by atoms with Crippen LogP contribution in [0.15, 0.2) is 54.7 Å². The lowest BCUT2D eigenvalue weighted by Crippen LogP contribution is -2.21. The van der Waals surface area contributed by atoms with Crippen molar-refractivity contribution in [2.75, 3.05) is 11.9 Å². The normalized spacial score (nSPS) is 11.5. The van der Waals surface area contributed by atoms with E-state index in [0.717, 1.165) is 10.9 Å². The Hall–Kier alpha value is -3.92. The standard InChI is InChI=1S/C24H16ClF4N3O3/c1-12-4-14-10-30-32-20(14)9-19(12)31-22(33)11-35-21-3-2-16(25)8-18(21)23(34)13-5-15(24(27,28)29)7-17(26)6-13/h2-10H,11H2,1H3,(H,30,32)(H,31,33). The van der Waals surface area contributed by atoms with Gasteiger partial charge in [-0.2, -0.15) is 18.3 Å². The third kappa shape index (κ3) is 5.43. The number of rotatable bonds is 6. The minimum absolute atomic E-state index is 0.0982. The molecule has 4 rings (SSSR count). The van der Waals surface area contributed by atoms with E-state index in [-0.39, 0.29) is 16.3 Å². The summed E-state index contributed by atoms with van der Waals surface area (Å²) in [5.74, 6) is -2.83. The van der Waals surface area contributed by atoms with Gasteiger partial charge in [0.1, 0.15) is 11.6 Å². The van der Waals surface area contributed by atoms with Crippen molar-refractivity contribution < 1.29 is 31.9 Å². The van der Waals surface area contributed by atoms with Gasteiger partial charge in [-0.1, -0.05) is 11.6 Å². The number of aryl methyl sites for hydroxylation is 1. The zero-order chi connectivity index (χ0) is 25.3. The second kappa shape index (κ2) is 9.38. The average molecular weight is 506 g/mol. The lowest BCUT2D eigenvalue weighted by molar-refractivity contribution is -0.137. The summed E-state index contributed by atoms with van der Waals surface area (Å²) in [6.45, 7) is 1.28. The van der Waals surface area contributed by atoms with Gasteiger partial charge in [0.05, 0.1) is 22.8 Å². The number of hydrogen-bond acceptors (Lipinski definition) is 4. The summed E-state index contributed by atoms with van der Waals surface area (Å²) in [4.78, 5) is 25.4. The average Bonchev–Trinajstić information content (AvgIpc) is 3.24. The Balaban J connectivity index is 1.55. The fourth-order valence-corrected chi connectivity index (χ4v) is 3.59. The monoisotopic (exact) mass is 505 g/mol. The number of amides is 1. The molecular weight excluding hydrogens is 490 g/mol. The van der Waals surface area contributed by atoms with Crippen LogP contribution in [0, 0.1) is 12.7 Å². The van der Waals surface area contributed by atoms with E-state index in [1.165, 1.54) is 18.2 Å². The summed E-state index contributed by atoms with van der Waals surface area (Å²) >= 11 is 5.96. The maximum absolute atomic E-state index is 13.8. The van der Waals surface area contributed by atoms with E-state index in [9.17, 15) is 27.2 Å². The molecule has 0 spiro atoms. The van der Waals surface area contributed by atoms with Crippen LogP contribution < -0.4 is 10.1 Å². The molecule has 0 fully saturated rings. The second-order valence-electron chi connectivity index (χ2n) is 7.66. The van der Waals surface area contributed by atoms with Gasteiger partial charge in [0.15, 0.2) is 12.4 Å². The number of carbonyl (C=O) groups excluding carboxylic acids is 2. The van der Waals surface area contributed by atoms with Gasteiger partial charge >= 0.3 is 6.18 Å². The van der Waals surface area contributed by atoms with E-state index in [1.54, 1.807) is 19.2 Å². The van der Waals surface area contributed by atoms with Gasteiger partial charge in [-0.05, 0) is 61.0 Å². The highest BCUT2D eigenvalue weighted by molar-refractivity contribution is 6.31. The molecule has 180 valence electrons. The minimum atomic E-state index is -4.85. The molecule has 1 heterocycles. The third-order valence-corrected chi connectivity index (χ3v) is 5.33. The van der Waals surface area contributed by atoms with Crippen LogP contribution in [0.25, 0.3) is 10.9 Å². The number of alkyl halides is 3. The van der Waals surface area contributed by atoms with E-state index in [1.807, 2.05) is 6.07 Å². The number of ether oxygens (including phenoxy) is 1. The first-order valence-corrected chi connectivity index (χ1v) is 10.5. The number of nitrogens with zero attached hydrogens (tertiary/aromatic N) is 1. The van der Waals surface area contributed by atoms with E-state index >= 15 is 0 Å². The summed E-state index contributed by atoms with van der Waals surface area (Å²) in [5, 5.41) is 10.4. The number of nitrogens with one attached hydrogen (secondary N) is 2. The number of benzene rings is 3. The molecule has 0 saturated carbocycles. The van der Waals surface area contributed by atoms with Crippen molar-refractivity contribution in [3.63, 3.8) is 0 Å². The fraction of sp³-hybridized carbons (Fsp3) is 0.125. The first-order chi connectivity index (χ1) is 16.5. The largest absolute Gasteiger partial charge is 0.483 e. The zero-order valence-corrected chi connectivity index (χ0v) is 18.7. The molecule has 6 nitrogen and oxygen atoms in total. The van der Waals surface area contributed by atoms with Crippen LogP contribution in [0.4, 0.5) is 23.2 Å². The Morgan fingerprint density at radius 2 is 1.89 bits per heavy atom. The number of aromatic nitrogens is 2. The summed E-state index contributed by atoms with van der Waals surface area (Å²) in [7, 11) is 0. The summed E-state index contributed by atoms with van der Waals surface area (Å²) < 4.78 is 58.5. The molecule has 0 aliphatic heterocycles. The Bertz CT molecular complexity index is 1450. The van der Waals surface area contributed by atoms with Gasteiger partial charge in [0, 0.05) is 21.7 Å². The molecule has 0 aliphatic rings. The molecule has 0 bridgehead atoms. The van der Waals surface area contributed by atoms with Crippen LogP contribution in [0.1, 0.15) is 27.0 Å². The predicted molar refractivity (Wildman–Crippen MR) is 121 cm³/mol. The van der Waals surface area contributed by atoms with Crippen molar-refractivity contribution in [3.8, 4) is 5.75 Å². The molecule has 2 N–H and O–H groups in total. The number of fused-ring (bicyclic) bond motifs is 1. The van der Waals surface area contributed by atoms with Crippen molar-refractivity contribution in [2.45, 2.75) is 13.1 Å². The molecule has 4 aromatic rings. The number of hydrogen-bond donors (Lipinski definition) is 2. The van der Waals surface area contributed by atoms with Gasteiger partial charge in [-0.3, -0.25) is 14.7 Å². The maximum atomic E-state index is 13.8. The molecule has 0 saturated heterocycles. The highest BCUT2D eigenvalue weighted by Crippen LogP contribution is 2.32. The second-order valence-corrected chi connectivity index (χ2v) is 8.09. The molecule has 3 aromatic carbocycles. The van der Waals surface area contributed by atoms with Crippen LogP contribution in [0.5, 0.6) is 5.75 Å². The number of H-pyrrole nitrogens is 1. The lowest BCUT2D eigenvalue weighted by Gasteiger charge is -2.14. The van der Waals surface area contributed by atoms with Crippen LogP contribution in [-0.2, 0) is 11.0 Å². The summed E-state index contributed by atoms with van der Waals surface area (Å²) in [6, 6.07) is 8.91. The molecule has 11 heteroatoms. The van der Waals surface area contributed by atoms with Crippen LogP contribution >= 0.6 is 11.6 Å². The van der Waals surface area contributed by atoms with E-state index in [2.05, 4.69) is 15.5 Å². The number of carbonyl (C=O) groups is 2. The zero-order valence-electron chi connectivity index (χ0n) is 18.0. The molecule has 0 atom stereocenters. The van der Waals surface area contributed by atoms with Gasteiger partial charge in [-0.15, -0.1) is 0 Å².